The van der Waals surface area contributed by atoms with E-state index in [1.807, 2.05) is 11.8 Å². The average molecular weight is 293 g/mol. The molecule has 5 nitrogen and oxygen atoms in total. The van der Waals surface area contributed by atoms with Crippen LogP contribution in [0.1, 0.15) is 13.3 Å². The van der Waals surface area contributed by atoms with Gasteiger partial charge in [-0.15, -0.1) is 0 Å². The topological polar surface area (TPSA) is 61.4 Å². The van der Waals surface area contributed by atoms with Crippen LogP contribution in [0.2, 0.25) is 0 Å². The lowest BCUT2D eigenvalue weighted by Gasteiger charge is -2.15. The molecule has 1 saturated heterocycles. The second kappa shape index (κ2) is 7.17. The number of nitrogens with zero attached hydrogens (tertiary/aromatic N) is 1. The SMILES string of the molecule is CCNC(=O)C1CCN(CC(=O)Nc2ccc(F)cc2)C1. The van der Waals surface area contributed by atoms with Crippen LogP contribution in [0.4, 0.5) is 10.1 Å². The number of hydrogen-bond acceptors (Lipinski definition) is 3. The molecule has 2 N–H and O–H groups in total. The normalized spacial score (nSPS) is 18.5. The molecule has 0 aromatic heterocycles. The van der Waals surface area contributed by atoms with E-state index >= 15 is 0 Å². The van der Waals surface area contributed by atoms with Crippen LogP contribution in [0, 0.1) is 11.7 Å². The maximum Gasteiger partial charge on any atom is 0.238 e. The van der Waals surface area contributed by atoms with E-state index < -0.39 is 0 Å². The highest BCUT2D eigenvalue weighted by atomic mass is 19.1. The van der Waals surface area contributed by atoms with Gasteiger partial charge < -0.3 is 10.6 Å². The first kappa shape index (κ1) is 15.4. The minimum absolute atomic E-state index is 0.0384. The van der Waals surface area contributed by atoms with Crippen LogP contribution in [-0.2, 0) is 9.59 Å². The Balaban J connectivity index is 1.78. The van der Waals surface area contributed by atoms with E-state index in [-0.39, 0.29) is 30.1 Å². The minimum Gasteiger partial charge on any atom is -0.356 e. The van der Waals surface area contributed by atoms with Gasteiger partial charge in [0.2, 0.25) is 11.8 Å². The summed E-state index contributed by atoms with van der Waals surface area (Å²) in [5.74, 6) is -0.474. The molecule has 1 aromatic carbocycles. The molecule has 2 rings (SSSR count). The summed E-state index contributed by atoms with van der Waals surface area (Å²) in [5, 5.41) is 5.52. The smallest absolute Gasteiger partial charge is 0.238 e. The number of likely N-dealkylation sites (tertiary alicyclic amines) is 1. The van der Waals surface area contributed by atoms with Crippen LogP contribution in [-0.4, -0.2) is 42.9 Å². The van der Waals surface area contributed by atoms with Crippen molar-refractivity contribution in [3.05, 3.63) is 30.1 Å². The van der Waals surface area contributed by atoms with Crippen LogP contribution in [0.15, 0.2) is 24.3 Å². The lowest BCUT2D eigenvalue weighted by Crippen LogP contribution is -2.35. The summed E-state index contributed by atoms with van der Waals surface area (Å²) in [6, 6.07) is 5.65. The van der Waals surface area contributed by atoms with Gasteiger partial charge in [-0.2, -0.15) is 0 Å². The molecule has 1 unspecified atom stereocenters. The number of nitrogens with one attached hydrogen (secondary N) is 2. The molecular weight excluding hydrogens is 273 g/mol. The number of rotatable bonds is 5. The lowest BCUT2D eigenvalue weighted by molar-refractivity contribution is -0.125. The molecule has 1 aliphatic rings. The molecule has 1 atom stereocenters. The van der Waals surface area contributed by atoms with E-state index in [0.29, 0.717) is 18.8 Å². The minimum atomic E-state index is -0.336. The maximum absolute atomic E-state index is 12.8. The molecule has 1 aliphatic heterocycles. The predicted octanol–water partition coefficient (Wildman–Crippen LogP) is 1.22. The first-order chi connectivity index (χ1) is 10.1. The van der Waals surface area contributed by atoms with Crippen molar-refractivity contribution < 1.29 is 14.0 Å². The van der Waals surface area contributed by atoms with E-state index in [9.17, 15) is 14.0 Å². The number of hydrogen-bond donors (Lipinski definition) is 2. The molecule has 0 aliphatic carbocycles. The summed E-state index contributed by atoms with van der Waals surface area (Å²) in [5.41, 5.74) is 0.570. The molecule has 114 valence electrons. The van der Waals surface area contributed by atoms with Gasteiger partial charge in [-0.25, -0.2) is 4.39 Å². The van der Waals surface area contributed by atoms with E-state index in [2.05, 4.69) is 10.6 Å². The largest absolute Gasteiger partial charge is 0.356 e. The lowest BCUT2D eigenvalue weighted by atomic mass is 10.1. The number of anilines is 1. The number of benzene rings is 1. The highest BCUT2D eigenvalue weighted by Crippen LogP contribution is 2.16. The monoisotopic (exact) mass is 293 g/mol. The number of halogens is 1. The van der Waals surface area contributed by atoms with Gasteiger partial charge in [0, 0.05) is 18.8 Å². The highest BCUT2D eigenvalue weighted by Gasteiger charge is 2.28. The molecule has 2 amide bonds. The molecule has 6 heteroatoms. The summed E-state index contributed by atoms with van der Waals surface area (Å²) >= 11 is 0. The van der Waals surface area contributed by atoms with Crippen LogP contribution >= 0.6 is 0 Å². The second-order valence-electron chi connectivity index (χ2n) is 5.17. The van der Waals surface area contributed by atoms with Gasteiger partial charge in [0.25, 0.3) is 0 Å². The van der Waals surface area contributed by atoms with E-state index in [4.69, 9.17) is 0 Å². The summed E-state index contributed by atoms with van der Waals surface area (Å²) in [4.78, 5) is 25.6. The van der Waals surface area contributed by atoms with Crippen molar-refractivity contribution in [1.29, 1.82) is 0 Å². The number of carbonyl (C=O) groups excluding carboxylic acids is 2. The molecule has 0 radical (unpaired) electrons. The Morgan fingerprint density at radius 3 is 2.71 bits per heavy atom. The van der Waals surface area contributed by atoms with Crippen molar-refractivity contribution in [2.24, 2.45) is 5.92 Å². The zero-order valence-electron chi connectivity index (χ0n) is 12.1. The molecule has 0 spiro atoms. The fourth-order valence-corrected chi connectivity index (χ4v) is 2.45. The number of carbonyl (C=O) groups is 2. The Morgan fingerprint density at radius 2 is 2.05 bits per heavy atom. The van der Waals surface area contributed by atoms with Gasteiger partial charge in [-0.3, -0.25) is 14.5 Å². The van der Waals surface area contributed by atoms with Gasteiger partial charge in [-0.05, 0) is 44.2 Å². The highest BCUT2D eigenvalue weighted by molar-refractivity contribution is 5.92. The second-order valence-corrected chi connectivity index (χ2v) is 5.17. The average Bonchev–Trinajstić information content (AvgIpc) is 2.90. The van der Waals surface area contributed by atoms with Crippen molar-refractivity contribution in [3.63, 3.8) is 0 Å². The quantitative estimate of drug-likeness (QED) is 0.858. The molecular formula is C15H20FN3O2. The predicted molar refractivity (Wildman–Crippen MR) is 78.3 cm³/mol. The standard InChI is InChI=1S/C15H20FN3O2/c1-2-17-15(21)11-7-8-19(9-11)10-14(20)18-13-5-3-12(16)4-6-13/h3-6,11H,2,7-10H2,1H3,(H,17,21)(H,18,20). The van der Waals surface area contributed by atoms with Crippen molar-refractivity contribution >= 4 is 17.5 Å². The van der Waals surface area contributed by atoms with Crippen LogP contribution in [0.25, 0.3) is 0 Å². The van der Waals surface area contributed by atoms with Gasteiger partial charge in [0.1, 0.15) is 5.82 Å². The van der Waals surface area contributed by atoms with Crippen LogP contribution in [0.5, 0.6) is 0 Å². The molecule has 1 aromatic rings. The van der Waals surface area contributed by atoms with E-state index in [1.165, 1.54) is 24.3 Å². The van der Waals surface area contributed by atoms with Crippen LogP contribution in [0.3, 0.4) is 0 Å². The third-order valence-electron chi connectivity index (χ3n) is 3.49. The third-order valence-corrected chi connectivity index (χ3v) is 3.49. The maximum atomic E-state index is 12.8. The first-order valence-electron chi connectivity index (χ1n) is 7.14. The van der Waals surface area contributed by atoms with E-state index in [0.717, 1.165) is 13.0 Å². The van der Waals surface area contributed by atoms with Crippen molar-refractivity contribution in [2.75, 3.05) is 31.5 Å². The zero-order chi connectivity index (χ0) is 15.2. The summed E-state index contributed by atoms with van der Waals surface area (Å²) in [6.07, 6.45) is 0.773. The summed E-state index contributed by atoms with van der Waals surface area (Å²) < 4.78 is 12.8. The summed E-state index contributed by atoms with van der Waals surface area (Å²) in [6.45, 7) is 4.09. The summed E-state index contributed by atoms with van der Waals surface area (Å²) in [7, 11) is 0. The fourth-order valence-electron chi connectivity index (χ4n) is 2.45. The zero-order valence-corrected chi connectivity index (χ0v) is 12.1. The molecule has 1 fully saturated rings. The van der Waals surface area contributed by atoms with Gasteiger partial charge in [0.15, 0.2) is 0 Å². The van der Waals surface area contributed by atoms with Gasteiger partial charge >= 0.3 is 0 Å². The van der Waals surface area contributed by atoms with Gasteiger partial charge in [0.05, 0.1) is 12.5 Å². The Bertz CT molecular complexity index is 504. The van der Waals surface area contributed by atoms with Crippen molar-refractivity contribution in [1.82, 2.24) is 10.2 Å². The Hall–Kier alpha value is -1.95. The Labute approximate surface area is 123 Å². The molecule has 0 saturated carbocycles. The molecule has 21 heavy (non-hydrogen) atoms. The molecule has 0 bridgehead atoms. The number of amides is 2. The molecule has 1 heterocycles. The van der Waals surface area contributed by atoms with Gasteiger partial charge in [-0.1, -0.05) is 0 Å². The van der Waals surface area contributed by atoms with E-state index in [1.54, 1.807) is 0 Å². The Kier molecular flexibility index (Phi) is 5.27. The Morgan fingerprint density at radius 1 is 1.33 bits per heavy atom. The van der Waals surface area contributed by atoms with Crippen LogP contribution < -0.4 is 10.6 Å². The fraction of sp³-hybridized carbons (Fsp3) is 0.467. The third kappa shape index (κ3) is 4.53. The first-order valence-corrected chi connectivity index (χ1v) is 7.14. The van der Waals surface area contributed by atoms with Crippen molar-refractivity contribution in [3.8, 4) is 0 Å². The van der Waals surface area contributed by atoms with Crippen molar-refractivity contribution in [2.45, 2.75) is 13.3 Å².